The van der Waals surface area contributed by atoms with Crippen molar-refractivity contribution >= 4 is 0 Å². The van der Waals surface area contributed by atoms with E-state index in [1.165, 1.54) is 0 Å². The molecule has 1 saturated heterocycles. The Balaban J connectivity index is 1.55. The lowest BCUT2D eigenvalue weighted by molar-refractivity contribution is -0.00136. The third kappa shape index (κ3) is 3.55. The molecule has 25 heavy (non-hydrogen) atoms. The van der Waals surface area contributed by atoms with Crippen LogP contribution in [0.25, 0.3) is 11.4 Å². The third-order valence-corrected chi connectivity index (χ3v) is 4.10. The second kappa shape index (κ2) is 7.04. The van der Waals surface area contributed by atoms with E-state index in [9.17, 15) is 0 Å². The summed E-state index contributed by atoms with van der Waals surface area (Å²) in [5, 5.41) is 7.46. The van der Waals surface area contributed by atoms with Crippen LogP contribution in [0, 0.1) is 0 Å². The van der Waals surface area contributed by atoms with Gasteiger partial charge in [-0.3, -0.25) is 0 Å². The normalized spacial score (nSPS) is 20.4. The van der Waals surface area contributed by atoms with Crippen LogP contribution in [0.1, 0.15) is 18.9 Å². The largest absolute Gasteiger partial charge is 0.457 e. The van der Waals surface area contributed by atoms with Crippen LogP contribution in [-0.2, 0) is 4.74 Å². The molecule has 0 radical (unpaired) electrons. The molecule has 3 aromatic rings. The van der Waals surface area contributed by atoms with E-state index >= 15 is 0 Å². The number of ether oxygens (including phenoxy) is 2. The van der Waals surface area contributed by atoms with Crippen LogP contribution in [0.2, 0.25) is 0 Å². The van der Waals surface area contributed by atoms with Crippen molar-refractivity contribution in [2.24, 2.45) is 0 Å². The van der Waals surface area contributed by atoms with Crippen molar-refractivity contribution in [1.29, 1.82) is 0 Å². The van der Waals surface area contributed by atoms with E-state index in [-0.39, 0.29) is 12.1 Å². The fraction of sp³-hybridized carbons (Fsp3) is 0.263. The minimum atomic E-state index is -0.0845. The summed E-state index contributed by atoms with van der Waals surface area (Å²) in [5.41, 5.74) is 0.841. The van der Waals surface area contributed by atoms with Crippen molar-refractivity contribution in [3.05, 3.63) is 60.5 Å². The number of para-hydroxylation sites is 1. The van der Waals surface area contributed by atoms with E-state index in [0.717, 1.165) is 23.6 Å². The summed E-state index contributed by atoms with van der Waals surface area (Å²) in [7, 11) is 0. The van der Waals surface area contributed by atoms with Gasteiger partial charge in [-0.15, -0.1) is 0 Å². The second-order valence-electron chi connectivity index (χ2n) is 5.91. The van der Waals surface area contributed by atoms with Crippen molar-refractivity contribution in [2.75, 3.05) is 13.2 Å². The van der Waals surface area contributed by atoms with E-state index in [1.807, 2.05) is 61.5 Å². The molecule has 0 spiro atoms. The second-order valence-corrected chi connectivity index (χ2v) is 5.91. The monoisotopic (exact) mass is 337 g/mol. The topological polar surface area (TPSA) is 69.4 Å². The maximum absolute atomic E-state index is 5.86. The predicted molar refractivity (Wildman–Crippen MR) is 92.4 cm³/mol. The van der Waals surface area contributed by atoms with Gasteiger partial charge in [0.1, 0.15) is 17.5 Å². The minimum Gasteiger partial charge on any atom is -0.457 e. The maximum Gasteiger partial charge on any atom is 0.246 e. The summed E-state index contributed by atoms with van der Waals surface area (Å²) in [5.74, 6) is 2.58. The first-order valence-electron chi connectivity index (χ1n) is 8.31. The Morgan fingerprint density at radius 2 is 1.92 bits per heavy atom. The summed E-state index contributed by atoms with van der Waals surface area (Å²) >= 11 is 0. The molecule has 0 amide bonds. The zero-order valence-electron chi connectivity index (χ0n) is 13.9. The molecular weight excluding hydrogens is 318 g/mol. The molecule has 1 aliphatic rings. The number of nitrogens with zero attached hydrogens (tertiary/aromatic N) is 2. The van der Waals surface area contributed by atoms with Crippen LogP contribution in [0.15, 0.2) is 59.1 Å². The van der Waals surface area contributed by atoms with E-state index in [1.54, 1.807) is 0 Å². The van der Waals surface area contributed by atoms with Gasteiger partial charge < -0.3 is 19.3 Å². The molecule has 6 heteroatoms. The van der Waals surface area contributed by atoms with Crippen LogP contribution < -0.4 is 10.1 Å². The van der Waals surface area contributed by atoms with Gasteiger partial charge in [-0.05, 0) is 31.2 Å². The van der Waals surface area contributed by atoms with Gasteiger partial charge >= 0.3 is 0 Å². The summed E-state index contributed by atoms with van der Waals surface area (Å²) in [6.45, 7) is 3.46. The van der Waals surface area contributed by atoms with E-state index < -0.39 is 0 Å². The lowest BCUT2D eigenvalue weighted by atomic mass is 10.1. The number of benzene rings is 2. The zero-order chi connectivity index (χ0) is 17.1. The molecule has 1 fully saturated rings. The molecule has 6 nitrogen and oxygen atoms in total. The smallest absolute Gasteiger partial charge is 0.246 e. The molecule has 2 aromatic carbocycles. The highest BCUT2D eigenvalue weighted by atomic mass is 16.5. The first-order valence-corrected chi connectivity index (χ1v) is 8.31. The van der Waals surface area contributed by atoms with E-state index in [2.05, 4.69) is 15.5 Å². The number of hydrogen-bond acceptors (Lipinski definition) is 6. The average molecular weight is 337 g/mol. The fourth-order valence-corrected chi connectivity index (χ4v) is 2.81. The first kappa shape index (κ1) is 15.8. The molecule has 1 aliphatic heterocycles. The van der Waals surface area contributed by atoms with Gasteiger partial charge in [-0.1, -0.05) is 35.5 Å². The molecule has 2 heterocycles. The highest BCUT2D eigenvalue weighted by molar-refractivity contribution is 5.57. The van der Waals surface area contributed by atoms with Gasteiger partial charge in [0.25, 0.3) is 0 Å². The quantitative estimate of drug-likeness (QED) is 0.785. The van der Waals surface area contributed by atoms with Crippen molar-refractivity contribution in [3.8, 4) is 22.9 Å². The van der Waals surface area contributed by atoms with Crippen LogP contribution in [0.4, 0.5) is 0 Å². The maximum atomic E-state index is 5.86. The fourth-order valence-electron chi connectivity index (χ4n) is 2.81. The molecule has 0 saturated carbocycles. The van der Waals surface area contributed by atoms with Gasteiger partial charge in [0.05, 0.1) is 12.7 Å². The molecule has 4 rings (SSSR count). The summed E-state index contributed by atoms with van der Waals surface area (Å²) < 4.78 is 16.9. The highest BCUT2D eigenvalue weighted by Crippen LogP contribution is 2.27. The van der Waals surface area contributed by atoms with Gasteiger partial charge in [-0.2, -0.15) is 4.98 Å². The predicted octanol–water partition coefficient (Wildman–Crippen LogP) is 3.58. The van der Waals surface area contributed by atoms with Gasteiger partial charge in [0, 0.05) is 12.1 Å². The Kier molecular flexibility index (Phi) is 4.45. The van der Waals surface area contributed by atoms with Crippen LogP contribution in [0.3, 0.4) is 0 Å². The number of rotatable bonds is 4. The van der Waals surface area contributed by atoms with Gasteiger partial charge in [0.2, 0.25) is 11.7 Å². The van der Waals surface area contributed by atoms with Crippen LogP contribution in [-0.4, -0.2) is 29.4 Å². The zero-order valence-corrected chi connectivity index (χ0v) is 13.9. The molecule has 1 N–H and O–H groups in total. The number of morpholine rings is 1. The van der Waals surface area contributed by atoms with E-state index in [4.69, 9.17) is 14.0 Å². The first-order chi connectivity index (χ1) is 12.3. The van der Waals surface area contributed by atoms with Crippen molar-refractivity contribution in [2.45, 2.75) is 19.1 Å². The number of hydrogen-bond donors (Lipinski definition) is 1. The molecule has 0 bridgehead atoms. The Morgan fingerprint density at radius 3 is 2.76 bits per heavy atom. The lowest BCUT2D eigenvalue weighted by Crippen LogP contribution is -2.40. The lowest BCUT2D eigenvalue weighted by Gasteiger charge is -2.27. The minimum absolute atomic E-state index is 0.00482. The number of nitrogens with one attached hydrogen (secondary N) is 1. The molecule has 0 aliphatic carbocycles. The molecule has 128 valence electrons. The van der Waals surface area contributed by atoms with Crippen molar-refractivity contribution in [1.82, 2.24) is 15.5 Å². The summed E-state index contributed by atoms with van der Waals surface area (Å²) in [4.78, 5) is 4.53. The third-order valence-electron chi connectivity index (χ3n) is 4.10. The molecular formula is C19H19N3O3. The van der Waals surface area contributed by atoms with Crippen molar-refractivity contribution in [3.63, 3.8) is 0 Å². The van der Waals surface area contributed by atoms with Gasteiger partial charge in [-0.25, -0.2) is 0 Å². The number of aromatic nitrogens is 2. The SMILES string of the molecule is C[C@H]1OCCN[C@@H]1c1nc(-c2cccc(Oc3ccccc3)c2)no1. The molecule has 2 atom stereocenters. The Morgan fingerprint density at radius 1 is 1.08 bits per heavy atom. The Hall–Kier alpha value is -2.70. The standard InChI is InChI=1S/C19H19N3O3/c1-13-17(20-10-11-23-13)19-21-18(22-25-19)14-6-5-9-16(12-14)24-15-7-3-2-4-8-15/h2-9,12-13,17,20H,10-11H2,1H3/t13-,17+/m1/s1. The Bertz CT molecular complexity index is 835. The average Bonchev–Trinajstić information content (AvgIpc) is 3.13. The molecule has 0 unspecified atom stereocenters. The van der Waals surface area contributed by atoms with Crippen LogP contribution >= 0.6 is 0 Å². The molecule has 1 aromatic heterocycles. The van der Waals surface area contributed by atoms with Crippen molar-refractivity contribution < 1.29 is 14.0 Å². The van der Waals surface area contributed by atoms with Crippen LogP contribution in [0.5, 0.6) is 11.5 Å². The van der Waals surface area contributed by atoms with Gasteiger partial charge in [0.15, 0.2) is 0 Å². The Labute approximate surface area is 145 Å². The summed E-state index contributed by atoms with van der Waals surface area (Å²) in [6.07, 6.45) is -0.00482. The highest BCUT2D eigenvalue weighted by Gasteiger charge is 2.28. The van der Waals surface area contributed by atoms with E-state index in [0.29, 0.717) is 18.3 Å². The summed E-state index contributed by atoms with van der Waals surface area (Å²) in [6, 6.07) is 17.2.